The van der Waals surface area contributed by atoms with Gasteiger partial charge < -0.3 is 19.3 Å². The number of aromatic amines is 1. The Kier molecular flexibility index (Phi) is 4.31. The zero-order valence-corrected chi connectivity index (χ0v) is 15.6. The second-order valence-electron chi connectivity index (χ2n) is 6.99. The number of hydrogen-bond donors (Lipinski definition) is 1. The number of amides is 1. The number of nitrogens with one attached hydrogen (secondary N) is 1. The monoisotopic (exact) mass is 394 g/mol. The number of piperazine rings is 1. The fourth-order valence-electron chi connectivity index (χ4n) is 3.60. The van der Waals surface area contributed by atoms with E-state index in [4.69, 9.17) is 9.47 Å². The summed E-state index contributed by atoms with van der Waals surface area (Å²) in [6, 6.07) is 13.5. The fraction of sp³-hybridized carbons (Fsp3) is 0.238. The Bertz CT molecular complexity index is 1040. The van der Waals surface area contributed by atoms with Gasteiger partial charge in [0.15, 0.2) is 17.3 Å². The van der Waals surface area contributed by atoms with Crippen LogP contribution in [0.5, 0.6) is 11.5 Å². The van der Waals surface area contributed by atoms with Crippen molar-refractivity contribution in [3.8, 4) is 22.8 Å². The summed E-state index contributed by atoms with van der Waals surface area (Å²) in [7, 11) is 0. The van der Waals surface area contributed by atoms with Crippen LogP contribution in [0.1, 0.15) is 10.4 Å². The highest BCUT2D eigenvalue weighted by Gasteiger charge is 2.25. The van der Waals surface area contributed by atoms with Gasteiger partial charge in [0, 0.05) is 37.8 Å². The summed E-state index contributed by atoms with van der Waals surface area (Å²) < 4.78 is 23.8. The maximum absolute atomic E-state index is 13.1. The molecular weight excluding hydrogens is 375 g/mol. The van der Waals surface area contributed by atoms with Gasteiger partial charge in [-0.2, -0.15) is 5.10 Å². The molecule has 2 aliphatic heterocycles. The van der Waals surface area contributed by atoms with E-state index in [1.165, 1.54) is 12.1 Å². The minimum atomic E-state index is -0.267. The Balaban J connectivity index is 1.24. The first-order valence-electron chi connectivity index (χ1n) is 9.42. The number of carbonyl (C=O) groups is 1. The van der Waals surface area contributed by atoms with Crippen molar-refractivity contribution >= 4 is 11.7 Å². The molecule has 3 aromatic rings. The maximum Gasteiger partial charge on any atom is 0.254 e. The van der Waals surface area contributed by atoms with Gasteiger partial charge in [-0.1, -0.05) is 0 Å². The van der Waals surface area contributed by atoms with E-state index < -0.39 is 0 Å². The van der Waals surface area contributed by atoms with Crippen molar-refractivity contribution in [2.24, 2.45) is 0 Å². The van der Waals surface area contributed by atoms with Crippen molar-refractivity contribution < 1.29 is 18.7 Å². The molecule has 1 amide bonds. The number of halogens is 1. The number of aromatic nitrogens is 2. The number of hydrogen-bond acceptors (Lipinski definition) is 5. The molecule has 0 saturated carbocycles. The smallest absolute Gasteiger partial charge is 0.254 e. The Morgan fingerprint density at radius 1 is 0.966 bits per heavy atom. The second kappa shape index (κ2) is 7.12. The average Bonchev–Trinajstić information content (AvgIpc) is 3.43. The normalized spacial score (nSPS) is 15.6. The highest BCUT2D eigenvalue weighted by Crippen LogP contribution is 2.33. The zero-order chi connectivity index (χ0) is 19.8. The molecule has 3 heterocycles. The van der Waals surface area contributed by atoms with E-state index in [0.29, 0.717) is 43.2 Å². The standard InChI is InChI=1S/C21H19FN4O3/c22-16-4-1-14(2-5-16)17-12-20(24-23-17)25-7-9-26(10-8-25)21(27)15-3-6-18-19(11-15)29-13-28-18/h1-6,11-12H,7-10,13H2,(H,23,24). The van der Waals surface area contributed by atoms with Gasteiger partial charge in [0.25, 0.3) is 5.91 Å². The largest absolute Gasteiger partial charge is 0.454 e. The highest BCUT2D eigenvalue weighted by molar-refractivity contribution is 5.95. The molecule has 1 N–H and O–H groups in total. The quantitative estimate of drug-likeness (QED) is 0.740. The minimum absolute atomic E-state index is 0.0167. The van der Waals surface area contributed by atoms with E-state index in [1.54, 1.807) is 30.3 Å². The van der Waals surface area contributed by atoms with Crippen molar-refractivity contribution in [1.82, 2.24) is 15.1 Å². The van der Waals surface area contributed by atoms with Crippen LogP contribution in [0.4, 0.5) is 10.2 Å². The summed E-state index contributed by atoms with van der Waals surface area (Å²) in [6.07, 6.45) is 0. The molecular formula is C21H19FN4O3. The van der Waals surface area contributed by atoms with Crippen LogP contribution in [-0.2, 0) is 0 Å². The van der Waals surface area contributed by atoms with E-state index in [0.717, 1.165) is 17.1 Å². The Morgan fingerprint density at radius 3 is 2.52 bits per heavy atom. The van der Waals surface area contributed by atoms with Crippen LogP contribution < -0.4 is 14.4 Å². The molecule has 0 spiro atoms. The molecule has 1 fully saturated rings. The Hall–Kier alpha value is -3.55. The van der Waals surface area contributed by atoms with Crippen LogP contribution in [0, 0.1) is 5.82 Å². The third-order valence-electron chi connectivity index (χ3n) is 5.23. The summed E-state index contributed by atoms with van der Waals surface area (Å²) in [5, 5.41) is 7.38. The van der Waals surface area contributed by atoms with Crippen LogP contribution in [0.2, 0.25) is 0 Å². The van der Waals surface area contributed by atoms with Gasteiger partial charge in [-0.25, -0.2) is 4.39 Å². The molecule has 5 rings (SSSR count). The number of rotatable bonds is 3. The highest BCUT2D eigenvalue weighted by atomic mass is 19.1. The summed E-state index contributed by atoms with van der Waals surface area (Å²) in [6.45, 7) is 2.77. The molecule has 0 unspecified atom stereocenters. The van der Waals surface area contributed by atoms with Gasteiger partial charge in [-0.3, -0.25) is 9.89 Å². The van der Waals surface area contributed by atoms with Crippen LogP contribution in [0.25, 0.3) is 11.3 Å². The number of fused-ring (bicyclic) bond motifs is 1. The third kappa shape index (κ3) is 3.37. The van der Waals surface area contributed by atoms with E-state index in [2.05, 4.69) is 15.1 Å². The summed E-state index contributed by atoms with van der Waals surface area (Å²) in [5.74, 6) is 1.81. The summed E-state index contributed by atoms with van der Waals surface area (Å²) >= 11 is 0. The van der Waals surface area contributed by atoms with E-state index in [-0.39, 0.29) is 18.5 Å². The zero-order valence-electron chi connectivity index (χ0n) is 15.6. The Labute approximate surface area is 166 Å². The fourth-order valence-corrected chi connectivity index (χ4v) is 3.60. The lowest BCUT2D eigenvalue weighted by Gasteiger charge is -2.34. The lowest BCUT2D eigenvalue weighted by atomic mass is 10.1. The lowest BCUT2D eigenvalue weighted by molar-refractivity contribution is 0.0746. The van der Waals surface area contributed by atoms with E-state index in [1.807, 2.05) is 11.0 Å². The van der Waals surface area contributed by atoms with Crippen molar-refractivity contribution in [1.29, 1.82) is 0 Å². The predicted octanol–water partition coefficient (Wildman–Crippen LogP) is 2.91. The van der Waals surface area contributed by atoms with Crippen molar-refractivity contribution in [2.45, 2.75) is 0 Å². The topological polar surface area (TPSA) is 70.7 Å². The first-order valence-corrected chi connectivity index (χ1v) is 9.42. The van der Waals surface area contributed by atoms with Crippen LogP contribution >= 0.6 is 0 Å². The molecule has 2 aromatic carbocycles. The number of nitrogens with zero attached hydrogens (tertiary/aromatic N) is 3. The molecule has 2 aliphatic rings. The predicted molar refractivity (Wildman–Crippen MR) is 105 cm³/mol. The molecule has 0 atom stereocenters. The van der Waals surface area contributed by atoms with Crippen molar-refractivity contribution in [3.05, 3.63) is 59.9 Å². The van der Waals surface area contributed by atoms with Gasteiger partial charge in [-0.15, -0.1) is 0 Å². The molecule has 0 radical (unpaired) electrons. The molecule has 0 bridgehead atoms. The van der Waals surface area contributed by atoms with Gasteiger partial charge in [0.1, 0.15) is 5.82 Å². The minimum Gasteiger partial charge on any atom is -0.454 e. The second-order valence-corrected chi connectivity index (χ2v) is 6.99. The molecule has 29 heavy (non-hydrogen) atoms. The summed E-state index contributed by atoms with van der Waals surface area (Å²) in [5.41, 5.74) is 2.31. The van der Waals surface area contributed by atoms with Gasteiger partial charge in [-0.05, 0) is 48.0 Å². The van der Waals surface area contributed by atoms with Gasteiger partial charge >= 0.3 is 0 Å². The molecule has 1 saturated heterocycles. The first-order chi connectivity index (χ1) is 14.2. The molecule has 0 aliphatic carbocycles. The first kappa shape index (κ1) is 17.5. The Morgan fingerprint density at radius 2 is 1.72 bits per heavy atom. The average molecular weight is 394 g/mol. The maximum atomic E-state index is 13.1. The molecule has 8 heteroatoms. The molecule has 148 valence electrons. The van der Waals surface area contributed by atoms with Crippen molar-refractivity contribution in [2.75, 3.05) is 37.9 Å². The third-order valence-corrected chi connectivity index (χ3v) is 5.23. The van der Waals surface area contributed by atoms with Crippen molar-refractivity contribution in [3.63, 3.8) is 0 Å². The summed E-state index contributed by atoms with van der Waals surface area (Å²) in [4.78, 5) is 16.8. The number of ether oxygens (including phenoxy) is 2. The van der Waals surface area contributed by atoms with Gasteiger partial charge in [0.05, 0.1) is 5.69 Å². The number of H-pyrrole nitrogens is 1. The van der Waals surface area contributed by atoms with Crippen LogP contribution in [0.15, 0.2) is 48.5 Å². The van der Waals surface area contributed by atoms with Crippen LogP contribution in [-0.4, -0.2) is 54.0 Å². The number of benzene rings is 2. The lowest BCUT2D eigenvalue weighted by Crippen LogP contribution is -2.48. The van der Waals surface area contributed by atoms with Gasteiger partial charge in [0.2, 0.25) is 6.79 Å². The molecule has 7 nitrogen and oxygen atoms in total. The number of anilines is 1. The van der Waals surface area contributed by atoms with Crippen LogP contribution in [0.3, 0.4) is 0 Å². The molecule has 1 aromatic heterocycles. The van der Waals surface area contributed by atoms with E-state index >= 15 is 0 Å². The van der Waals surface area contributed by atoms with E-state index in [9.17, 15) is 9.18 Å². The SMILES string of the molecule is O=C(c1ccc2c(c1)OCO2)N1CCN(c2cc(-c3ccc(F)cc3)[nH]n2)CC1. The number of carbonyl (C=O) groups excluding carboxylic acids is 1.